The van der Waals surface area contributed by atoms with Gasteiger partial charge in [0, 0.05) is 0 Å². The van der Waals surface area contributed by atoms with E-state index in [1.165, 1.54) is 57.8 Å². The number of allylic oxidation sites excluding steroid dienone is 4. The fourth-order valence-electron chi connectivity index (χ4n) is 4.64. The van der Waals surface area contributed by atoms with Crippen LogP contribution >= 0.6 is 11.6 Å². The normalized spacial score (nSPS) is 26.0. The molecule has 2 aliphatic rings. The third-order valence-corrected chi connectivity index (χ3v) is 6.66. The second-order valence-corrected chi connectivity index (χ2v) is 8.58. The smallest absolute Gasteiger partial charge is 0.142 e. The average molecular weight is 375 g/mol. The Kier molecular flexibility index (Phi) is 7.37. The van der Waals surface area contributed by atoms with E-state index < -0.39 is 0 Å². The lowest BCUT2D eigenvalue weighted by atomic mass is 9.72. The van der Waals surface area contributed by atoms with Crippen LogP contribution in [0.25, 0.3) is 5.57 Å². The molecule has 3 rings (SSSR count). The highest BCUT2D eigenvalue weighted by molar-refractivity contribution is 6.30. The van der Waals surface area contributed by atoms with E-state index in [0.29, 0.717) is 5.92 Å². The SMILES string of the molecule is CCCCCCC1CCC(C2C=CC(c3ccc(Cl)c(F)c3)=CC2)CC1. The van der Waals surface area contributed by atoms with Gasteiger partial charge in [-0.05, 0) is 60.3 Å². The second kappa shape index (κ2) is 9.74. The van der Waals surface area contributed by atoms with Crippen molar-refractivity contribution < 1.29 is 4.39 Å². The predicted molar refractivity (Wildman–Crippen MR) is 111 cm³/mol. The van der Waals surface area contributed by atoms with E-state index >= 15 is 0 Å². The van der Waals surface area contributed by atoms with Crippen molar-refractivity contribution >= 4 is 17.2 Å². The Bertz CT molecular complexity index is 638. The van der Waals surface area contributed by atoms with Crippen LogP contribution in [0, 0.1) is 23.6 Å². The molecular formula is C24H32ClF. The van der Waals surface area contributed by atoms with Crippen LogP contribution < -0.4 is 0 Å². The number of unbranched alkanes of at least 4 members (excludes halogenated alkanes) is 3. The summed E-state index contributed by atoms with van der Waals surface area (Å²) in [5.41, 5.74) is 2.05. The van der Waals surface area contributed by atoms with Gasteiger partial charge in [0.05, 0.1) is 5.02 Å². The summed E-state index contributed by atoms with van der Waals surface area (Å²) in [7, 11) is 0. The van der Waals surface area contributed by atoms with Crippen molar-refractivity contribution in [3.8, 4) is 0 Å². The Morgan fingerprint density at radius 2 is 1.88 bits per heavy atom. The highest BCUT2D eigenvalue weighted by Gasteiger charge is 2.26. The molecule has 2 heteroatoms. The maximum Gasteiger partial charge on any atom is 0.142 e. The maximum absolute atomic E-state index is 13.7. The number of hydrogen-bond acceptors (Lipinski definition) is 0. The third-order valence-electron chi connectivity index (χ3n) is 6.35. The topological polar surface area (TPSA) is 0 Å². The van der Waals surface area contributed by atoms with Crippen LogP contribution in [0.3, 0.4) is 0 Å². The molecule has 0 aromatic heterocycles. The van der Waals surface area contributed by atoms with Crippen LogP contribution in [-0.2, 0) is 0 Å². The summed E-state index contributed by atoms with van der Waals surface area (Å²) >= 11 is 5.79. The van der Waals surface area contributed by atoms with E-state index in [9.17, 15) is 4.39 Å². The summed E-state index contributed by atoms with van der Waals surface area (Å²) in [6.45, 7) is 2.28. The Morgan fingerprint density at radius 3 is 2.54 bits per heavy atom. The molecule has 142 valence electrons. The van der Waals surface area contributed by atoms with Gasteiger partial charge in [-0.1, -0.05) is 87.8 Å². The summed E-state index contributed by atoms with van der Waals surface area (Å²) in [6, 6.07) is 5.10. The first kappa shape index (κ1) is 19.7. The first-order valence-electron chi connectivity index (χ1n) is 10.5. The molecule has 0 aliphatic heterocycles. The molecule has 1 atom stereocenters. The molecule has 0 nitrogen and oxygen atoms in total. The quantitative estimate of drug-likeness (QED) is 0.421. The van der Waals surface area contributed by atoms with Gasteiger partial charge >= 0.3 is 0 Å². The molecule has 0 spiro atoms. The molecule has 0 N–H and O–H groups in total. The Morgan fingerprint density at radius 1 is 1.08 bits per heavy atom. The van der Waals surface area contributed by atoms with Gasteiger partial charge < -0.3 is 0 Å². The molecule has 0 amide bonds. The van der Waals surface area contributed by atoms with Crippen LogP contribution in [0.15, 0.2) is 36.4 Å². The molecular weight excluding hydrogens is 343 g/mol. The van der Waals surface area contributed by atoms with Gasteiger partial charge in [-0.2, -0.15) is 0 Å². The van der Waals surface area contributed by atoms with Crippen molar-refractivity contribution in [3.63, 3.8) is 0 Å². The van der Waals surface area contributed by atoms with E-state index in [-0.39, 0.29) is 10.8 Å². The molecule has 0 saturated heterocycles. The van der Waals surface area contributed by atoms with Crippen LogP contribution in [0.4, 0.5) is 4.39 Å². The van der Waals surface area contributed by atoms with Crippen LogP contribution in [0.5, 0.6) is 0 Å². The minimum absolute atomic E-state index is 0.193. The van der Waals surface area contributed by atoms with E-state index in [1.54, 1.807) is 12.1 Å². The number of benzene rings is 1. The average Bonchev–Trinajstić information content (AvgIpc) is 2.68. The van der Waals surface area contributed by atoms with E-state index in [4.69, 9.17) is 11.6 Å². The van der Waals surface area contributed by atoms with Crippen LogP contribution in [-0.4, -0.2) is 0 Å². The molecule has 2 aliphatic carbocycles. The molecule has 1 unspecified atom stereocenters. The van der Waals surface area contributed by atoms with Crippen molar-refractivity contribution in [3.05, 3.63) is 52.8 Å². The zero-order valence-electron chi connectivity index (χ0n) is 16.0. The lowest BCUT2D eigenvalue weighted by Crippen LogP contribution is -2.21. The van der Waals surface area contributed by atoms with Gasteiger partial charge in [0.1, 0.15) is 5.82 Å². The minimum Gasteiger partial charge on any atom is -0.205 e. The van der Waals surface area contributed by atoms with Gasteiger partial charge in [0.2, 0.25) is 0 Å². The minimum atomic E-state index is -0.335. The standard InChI is InChI=1S/C24H32ClF/c1-2-3-4-5-6-18-7-9-19(10-8-18)20-11-13-21(14-12-20)22-15-16-23(25)24(26)17-22/h11,13-20H,2-10,12H2,1H3. The Balaban J connectivity index is 1.46. The summed E-state index contributed by atoms with van der Waals surface area (Å²) in [6.07, 6.45) is 20.5. The summed E-state index contributed by atoms with van der Waals surface area (Å²) in [5.74, 6) is 2.13. The van der Waals surface area contributed by atoms with E-state index in [1.807, 2.05) is 6.07 Å². The molecule has 1 aromatic carbocycles. The van der Waals surface area contributed by atoms with Crippen molar-refractivity contribution in [2.45, 2.75) is 71.1 Å². The lowest BCUT2D eigenvalue weighted by Gasteiger charge is -2.33. The number of rotatable bonds is 7. The third kappa shape index (κ3) is 5.22. The predicted octanol–water partition coefficient (Wildman–Crippen LogP) is 8.22. The van der Waals surface area contributed by atoms with Gasteiger partial charge in [0.15, 0.2) is 0 Å². The number of halogens is 2. The fraction of sp³-hybridized carbons (Fsp3) is 0.583. The highest BCUT2D eigenvalue weighted by atomic mass is 35.5. The fourth-order valence-corrected chi connectivity index (χ4v) is 4.76. The van der Waals surface area contributed by atoms with Gasteiger partial charge in [0.25, 0.3) is 0 Å². The van der Waals surface area contributed by atoms with Gasteiger partial charge in [-0.25, -0.2) is 4.39 Å². The van der Waals surface area contributed by atoms with E-state index in [0.717, 1.165) is 29.4 Å². The Labute approximate surface area is 163 Å². The van der Waals surface area contributed by atoms with Crippen molar-refractivity contribution in [2.75, 3.05) is 0 Å². The molecule has 26 heavy (non-hydrogen) atoms. The largest absolute Gasteiger partial charge is 0.205 e. The summed E-state index contributed by atoms with van der Waals surface area (Å²) in [4.78, 5) is 0. The Hall–Kier alpha value is -1.08. The zero-order valence-corrected chi connectivity index (χ0v) is 16.8. The lowest BCUT2D eigenvalue weighted by molar-refractivity contribution is 0.218. The summed E-state index contributed by atoms with van der Waals surface area (Å²) in [5, 5.41) is 0.193. The van der Waals surface area contributed by atoms with Crippen LogP contribution in [0.1, 0.15) is 76.7 Å². The molecule has 0 heterocycles. The molecule has 0 radical (unpaired) electrons. The monoisotopic (exact) mass is 374 g/mol. The molecule has 0 bridgehead atoms. The zero-order chi connectivity index (χ0) is 18.4. The first-order chi connectivity index (χ1) is 12.7. The first-order valence-corrected chi connectivity index (χ1v) is 10.9. The van der Waals surface area contributed by atoms with Gasteiger partial charge in [-0.3, -0.25) is 0 Å². The van der Waals surface area contributed by atoms with Crippen molar-refractivity contribution in [1.82, 2.24) is 0 Å². The van der Waals surface area contributed by atoms with Crippen molar-refractivity contribution in [2.24, 2.45) is 17.8 Å². The van der Waals surface area contributed by atoms with Crippen LogP contribution in [0.2, 0.25) is 5.02 Å². The van der Waals surface area contributed by atoms with Crippen molar-refractivity contribution in [1.29, 1.82) is 0 Å². The highest BCUT2D eigenvalue weighted by Crippen LogP contribution is 2.39. The number of hydrogen-bond donors (Lipinski definition) is 0. The molecule has 1 saturated carbocycles. The molecule has 1 fully saturated rings. The molecule has 1 aromatic rings. The van der Waals surface area contributed by atoms with E-state index in [2.05, 4.69) is 25.2 Å². The van der Waals surface area contributed by atoms with Gasteiger partial charge in [-0.15, -0.1) is 0 Å². The maximum atomic E-state index is 13.7. The second-order valence-electron chi connectivity index (χ2n) is 8.18. The summed E-state index contributed by atoms with van der Waals surface area (Å²) < 4.78 is 13.7.